The Hall–Kier alpha value is -3.56. The fourth-order valence-electron chi connectivity index (χ4n) is 4.20. The van der Waals surface area contributed by atoms with Gasteiger partial charge < -0.3 is 50.0 Å². The van der Waals surface area contributed by atoms with E-state index in [1.54, 1.807) is 12.1 Å². The summed E-state index contributed by atoms with van der Waals surface area (Å²) in [5.41, 5.74) is 1.25. The molecule has 14 heteroatoms. The number of hydrogen-bond acceptors (Lipinski definition) is 11. The van der Waals surface area contributed by atoms with Crippen LogP contribution in [0.4, 0.5) is 0 Å². The second-order valence-corrected chi connectivity index (χ2v) is 9.44. The summed E-state index contributed by atoms with van der Waals surface area (Å²) in [5.74, 6) is -2.56. The second kappa shape index (κ2) is 14.2. The van der Waals surface area contributed by atoms with Crippen LogP contribution in [0.15, 0.2) is 30.4 Å². The zero-order chi connectivity index (χ0) is 29.4. The van der Waals surface area contributed by atoms with Gasteiger partial charge in [0.25, 0.3) is 0 Å². The molecule has 0 saturated carbocycles. The molecular formula is C26H34N2O12. The zero-order valence-electron chi connectivity index (χ0n) is 21.8. The zero-order valence-corrected chi connectivity index (χ0v) is 21.8. The van der Waals surface area contributed by atoms with Gasteiger partial charge in [-0.05, 0) is 43.0 Å². The number of aryl methyl sites for hydroxylation is 1. The third kappa shape index (κ3) is 8.22. The first-order valence-corrected chi connectivity index (χ1v) is 12.8. The van der Waals surface area contributed by atoms with E-state index in [1.165, 1.54) is 30.0 Å². The number of aliphatic carboxylic acids is 1. The van der Waals surface area contributed by atoms with Gasteiger partial charge in [-0.25, -0.2) is 4.79 Å². The highest BCUT2D eigenvalue weighted by molar-refractivity contribution is 5.90. The molecular weight excluding hydrogens is 532 g/mol. The Kier molecular flexibility index (Phi) is 11.0. The SMILES string of the molecule is CC(=O)OCc1cc(CCCCNC(=O)CCN2C(=O)C=CC2O)ccc1O[C@@H]1O[C@H](C(=O)O)[C@@H](O)[C@H](O)[C@H]1O. The average molecular weight is 567 g/mol. The van der Waals surface area contributed by atoms with Gasteiger partial charge in [0.1, 0.15) is 36.9 Å². The van der Waals surface area contributed by atoms with Gasteiger partial charge in [0, 0.05) is 38.1 Å². The van der Waals surface area contributed by atoms with Crippen LogP contribution in [0.3, 0.4) is 0 Å². The van der Waals surface area contributed by atoms with Crippen LogP contribution in [0, 0.1) is 0 Å². The third-order valence-corrected chi connectivity index (χ3v) is 6.42. The number of nitrogens with zero attached hydrogens (tertiary/aromatic N) is 1. The van der Waals surface area contributed by atoms with Crippen LogP contribution < -0.4 is 10.1 Å². The normalized spacial score (nSPS) is 26.0. The first-order valence-electron chi connectivity index (χ1n) is 12.8. The summed E-state index contributed by atoms with van der Waals surface area (Å²) in [4.78, 5) is 47.6. The van der Waals surface area contributed by atoms with Gasteiger partial charge in [0.2, 0.25) is 18.1 Å². The summed E-state index contributed by atoms with van der Waals surface area (Å²) >= 11 is 0. The maximum atomic E-state index is 12.0. The number of hydrogen-bond donors (Lipinski definition) is 6. The fraction of sp³-hybridized carbons (Fsp3) is 0.538. The first kappa shape index (κ1) is 31.0. The van der Waals surface area contributed by atoms with E-state index in [1.807, 2.05) is 0 Å². The molecule has 2 aliphatic rings. The number of aliphatic hydroxyl groups is 4. The van der Waals surface area contributed by atoms with Gasteiger partial charge >= 0.3 is 11.9 Å². The lowest BCUT2D eigenvalue weighted by atomic mass is 9.99. The van der Waals surface area contributed by atoms with Gasteiger partial charge in [0.05, 0.1) is 0 Å². The van der Waals surface area contributed by atoms with Gasteiger partial charge in [-0.15, -0.1) is 0 Å². The van der Waals surface area contributed by atoms with Crippen LogP contribution in [-0.2, 0) is 41.7 Å². The van der Waals surface area contributed by atoms with Crippen LogP contribution in [0.2, 0.25) is 0 Å². The van der Waals surface area contributed by atoms with Crippen molar-refractivity contribution in [3.8, 4) is 5.75 Å². The number of ether oxygens (including phenoxy) is 3. The first-order chi connectivity index (χ1) is 19.0. The lowest BCUT2D eigenvalue weighted by Crippen LogP contribution is -2.61. The minimum absolute atomic E-state index is 0.0635. The highest BCUT2D eigenvalue weighted by atomic mass is 16.7. The fourth-order valence-corrected chi connectivity index (χ4v) is 4.20. The molecule has 0 aromatic heterocycles. The van der Waals surface area contributed by atoms with Crippen molar-refractivity contribution in [3.63, 3.8) is 0 Å². The van der Waals surface area contributed by atoms with Crippen molar-refractivity contribution in [2.24, 2.45) is 0 Å². The maximum absolute atomic E-state index is 12.0. The molecule has 1 aromatic rings. The molecule has 6 N–H and O–H groups in total. The number of benzene rings is 1. The van der Waals surface area contributed by atoms with Gasteiger partial charge in [-0.3, -0.25) is 14.4 Å². The molecule has 6 atom stereocenters. The number of carboxylic acid groups (broad SMARTS) is 1. The molecule has 1 aromatic carbocycles. The van der Waals surface area contributed by atoms with Crippen LogP contribution in [-0.4, -0.2) is 104 Å². The molecule has 1 fully saturated rings. The minimum Gasteiger partial charge on any atom is -0.479 e. The number of unbranched alkanes of at least 4 members (excludes halogenated alkanes) is 1. The molecule has 0 aliphatic carbocycles. The Morgan fingerprint density at radius 1 is 1.07 bits per heavy atom. The average Bonchev–Trinajstić information content (AvgIpc) is 3.23. The second-order valence-electron chi connectivity index (χ2n) is 9.44. The van der Waals surface area contributed by atoms with E-state index in [2.05, 4.69) is 5.32 Å². The Morgan fingerprint density at radius 3 is 2.48 bits per heavy atom. The van der Waals surface area contributed by atoms with Gasteiger partial charge in [0.15, 0.2) is 6.10 Å². The van der Waals surface area contributed by atoms with Crippen LogP contribution in [0.25, 0.3) is 0 Å². The van der Waals surface area contributed by atoms with Gasteiger partial charge in [-0.1, -0.05) is 6.07 Å². The molecule has 2 amide bonds. The van der Waals surface area contributed by atoms with Crippen molar-refractivity contribution in [2.45, 2.75) is 76.1 Å². The number of aliphatic hydroxyl groups excluding tert-OH is 4. The number of esters is 1. The van der Waals surface area contributed by atoms with Crippen molar-refractivity contribution >= 4 is 23.8 Å². The van der Waals surface area contributed by atoms with Crippen LogP contribution in [0.1, 0.15) is 37.3 Å². The van der Waals surface area contributed by atoms with Crippen molar-refractivity contribution in [1.82, 2.24) is 10.2 Å². The summed E-state index contributed by atoms with van der Waals surface area (Å²) in [7, 11) is 0. The summed E-state index contributed by atoms with van der Waals surface area (Å²) < 4.78 is 15.9. The minimum atomic E-state index is -1.86. The van der Waals surface area contributed by atoms with Gasteiger partial charge in [-0.2, -0.15) is 0 Å². The Balaban J connectivity index is 1.52. The highest BCUT2D eigenvalue weighted by Gasteiger charge is 2.48. The van der Waals surface area contributed by atoms with E-state index in [4.69, 9.17) is 14.2 Å². The molecule has 2 aliphatic heterocycles. The number of amides is 2. The molecule has 0 spiro atoms. The number of carboxylic acids is 1. The Labute approximate surface area is 229 Å². The Bertz CT molecular complexity index is 1110. The molecule has 2 heterocycles. The molecule has 1 unspecified atom stereocenters. The molecule has 40 heavy (non-hydrogen) atoms. The number of carbonyl (C=O) groups excluding carboxylic acids is 3. The molecule has 1 saturated heterocycles. The predicted molar refractivity (Wildman–Crippen MR) is 134 cm³/mol. The number of carbonyl (C=O) groups is 4. The van der Waals surface area contributed by atoms with E-state index < -0.39 is 48.9 Å². The maximum Gasteiger partial charge on any atom is 0.335 e. The van der Waals surface area contributed by atoms with Crippen molar-refractivity contribution < 1.29 is 58.9 Å². The molecule has 220 valence electrons. The molecule has 0 radical (unpaired) electrons. The van der Waals surface area contributed by atoms with E-state index >= 15 is 0 Å². The van der Waals surface area contributed by atoms with Crippen LogP contribution in [0.5, 0.6) is 5.75 Å². The summed E-state index contributed by atoms with van der Waals surface area (Å²) in [5, 5.41) is 51.8. The molecule has 14 nitrogen and oxygen atoms in total. The highest BCUT2D eigenvalue weighted by Crippen LogP contribution is 2.28. The topological polar surface area (TPSA) is 212 Å². The summed E-state index contributed by atoms with van der Waals surface area (Å²) in [6.45, 7) is 1.56. The van der Waals surface area contributed by atoms with Crippen molar-refractivity contribution in [2.75, 3.05) is 13.1 Å². The third-order valence-electron chi connectivity index (χ3n) is 6.42. The van der Waals surface area contributed by atoms with Crippen LogP contribution >= 0.6 is 0 Å². The lowest BCUT2D eigenvalue weighted by Gasteiger charge is -2.38. The summed E-state index contributed by atoms with van der Waals surface area (Å²) in [6, 6.07) is 4.95. The number of nitrogens with one attached hydrogen (secondary N) is 1. The summed E-state index contributed by atoms with van der Waals surface area (Å²) in [6.07, 6.45) is -5.29. The van der Waals surface area contributed by atoms with Crippen molar-refractivity contribution in [3.05, 3.63) is 41.5 Å². The van der Waals surface area contributed by atoms with Crippen molar-refractivity contribution in [1.29, 1.82) is 0 Å². The largest absolute Gasteiger partial charge is 0.479 e. The Morgan fingerprint density at radius 2 is 1.82 bits per heavy atom. The quantitative estimate of drug-likeness (QED) is 0.120. The molecule has 3 rings (SSSR count). The van der Waals surface area contributed by atoms with E-state index in [0.29, 0.717) is 31.4 Å². The lowest BCUT2D eigenvalue weighted by molar-refractivity contribution is -0.271. The smallest absolute Gasteiger partial charge is 0.335 e. The van der Waals surface area contributed by atoms with E-state index in [-0.39, 0.29) is 37.1 Å². The standard InChI is InChI=1S/C26H34N2O12/c1-14(29)38-13-16-12-15(4-2-3-10-27-18(30)9-11-28-19(31)7-8-20(28)32)5-6-17(16)39-26-23(35)21(33)22(34)24(40-26)25(36)37/h5-8,12,19,21-24,26,31,33-35H,2-4,9-11,13H2,1H3,(H,27,30)(H,36,37)/t19?,21-,22-,23+,24-,26+/m0/s1. The van der Waals surface area contributed by atoms with E-state index in [0.717, 1.165) is 5.56 Å². The predicted octanol–water partition coefficient (Wildman–Crippen LogP) is -1.43. The van der Waals surface area contributed by atoms with E-state index in [9.17, 15) is 44.7 Å². The monoisotopic (exact) mass is 566 g/mol. The number of rotatable bonds is 13. The molecule has 0 bridgehead atoms.